The van der Waals surface area contributed by atoms with Crippen molar-refractivity contribution in [1.29, 1.82) is 0 Å². The van der Waals surface area contributed by atoms with Crippen molar-refractivity contribution in [3.8, 4) is 0 Å². The van der Waals surface area contributed by atoms with Crippen molar-refractivity contribution in [2.45, 2.75) is 51.7 Å². The second kappa shape index (κ2) is 4.82. The molecule has 1 N–H and O–H groups in total. The average molecular weight is 288 g/mol. The van der Waals surface area contributed by atoms with E-state index in [-0.39, 0.29) is 11.8 Å². The van der Waals surface area contributed by atoms with Crippen LogP contribution in [0.3, 0.4) is 0 Å². The largest absolute Gasteiger partial charge is 0.514 e. The van der Waals surface area contributed by atoms with Gasteiger partial charge >= 0.3 is 7.12 Å². The molecular formula is C15H21BN2O3. The van der Waals surface area contributed by atoms with E-state index in [4.69, 9.17) is 9.31 Å². The Hall–Kier alpha value is -1.40. The molecule has 2 aliphatic rings. The SMILES string of the molecule is CC1(C)OB(c2cccc(NC(=O)C3CC3)n2)OC1(C)C. The zero-order chi connectivity index (χ0) is 15.3. The Morgan fingerprint density at radius 2 is 1.86 bits per heavy atom. The summed E-state index contributed by atoms with van der Waals surface area (Å²) in [5, 5.41) is 2.85. The van der Waals surface area contributed by atoms with Crippen LogP contribution in [-0.2, 0) is 14.1 Å². The van der Waals surface area contributed by atoms with Crippen molar-refractivity contribution >= 4 is 24.4 Å². The number of pyridine rings is 1. The number of amides is 1. The maximum atomic E-state index is 11.8. The van der Waals surface area contributed by atoms with Crippen LogP contribution in [0, 0.1) is 5.92 Å². The molecule has 0 bridgehead atoms. The molecular weight excluding hydrogens is 267 g/mol. The van der Waals surface area contributed by atoms with Crippen LogP contribution in [0.5, 0.6) is 0 Å². The molecule has 1 saturated carbocycles. The van der Waals surface area contributed by atoms with Crippen LogP contribution in [0.1, 0.15) is 40.5 Å². The zero-order valence-electron chi connectivity index (χ0n) is 13.0. The molecule has 1 amide bonds. The summed E-state index contributed by atoms with van der Waals surface area (Å²) in [6, 6.07) is 5.50. The summed E-state index contributed by atoms with van der Waals surface area (Å²) in [6.45, 7) is 8.02. The van der Waals surface area contributed by atoms with Gasteiger partial charge in [-0.3, -0.25) is 4.79 Å². The van der Waals surface area contributed by atoms with Gasteiger partial charge in [-0.1, -0.05) is 6.07 Å². The highest BCUT2D eigenvalue weighted by molar-refractivity contribution is 6.61. The van der Waals surface area contributed by atoms with Gasteiger partial charge in [-0.05, 0) is 52.7 Å². The summed E-state index contributed by atoms with van der Waals surface area (Å²) >= 11 is 0. The number of hydrogen-bond donors (Lipinski definition) is 1. The number of nitrogens with zero attached hydrogens (tertiary/aromatic N) is 1. The molecule has 5 nitrogen and oxygen atoms in total. The number of anilines is 1. The molecule has 1 aliphatic heterocycles. The van der Waals surface area contributed by atoms with E-state index in [2.05, 4.69) is 10.3 Å². The molecule has 6 heteroatoms. The fourth-order valence-corrected chi connectivity index (χ4v) is 2.19. The van der Waals surface area contributed by atoms with Gasteiger partial charge in [0.1, 0.15) is 5.82 Å². The van der Waals surface area contributed by atoms with E-state index in [1.54, 1.807) is 6.07 Å². The summed E-state index contributed by atoms with van der Waals surface area (Å²) in [6.07, 6.45) is 1.95. The molecule has 0 atom stereocenters. The number of hydrogen-bond acceptors (Lipinski definition) is 4. The van der Waals surface area contributed by atoms with E-state index in [1.807, 2.05) is 39.8 Å². The highest BCUT2D eigenvalue weighted by atomic mass is 16.7. The maximum absolute atomic E-state index is 11.8. The van der Waals surface area contributed by atoms with Crippen LogP contribution in [0.2, 0.25) is 0 Å². The van der Waals surface area contributed by atoms with Crippen LogP contribution in [0.25, 0.3) is 0 Å². The summed E-state index contributed by atoms with van der Waals surface area (Å²) in [5.41, 5.74) is -0.110. The van der Waals surface area contributed by atoms with Gasteiger partial charge in [-0.15, -0.1) is 0 Å². The number of nitrogens with one attached hydrogen (secondary N) is 1. The Morgan fingerprint density at radius 1 is 1.24 bits per heavy atom. The van der Waals surface area contributed by atoms with Crippen LogP contribution in [-0.4, -0.2) is 29.2 Å². The first-order valence-electron chi connectivity index (χ1n) is 7.42. The van der Waals surface area contributed by atoms with Crippen molar-refractivity contribution in [1.82, 2.24) is 4.98 Å². The molecule has 112 valence electrons. The molecule has 0 aromatic carbocycles. The minimum atomic E-state index is -0.507. The Kier molecular flexibility index (Phi) is 3.33. The predicted octanol–water partition coefficient (Wildman–Crippen LogP) is 1.73. The Morgan fingerprint density at radius 3 is 2.43 bits per heavy atom. The van der Waals surface area contributed by atoms with Crippen molar-refractivity contribution in [3.05, 3.63) is 18.2 Å². The first-order valence-corrected chi connectivity index (χ1v) is 7.42. The molecule has 1 aliphatic carbocycles. The topological polar surface area (TPSA) is 60.5 Å². The van der Waals surface area contributed by atoms with Crippen LogP contribution in [0.15, 0.2) is 18.2 Å². The molecule has 2 heterocycles. The lowest BCUT2D eigenvalue weighted by atomic mass is 9.84. The zero-order valence-corrected chi connectivity index (χ0v) is 13.0. The summed E-state index contributed by atoms with van der Waals surface area (Å²) in [4.78, 5) is 16.3. The highest BCUT2D eigenvalue weighted by Crippen LogP contribution is 2.36. The molecule has 3 rings (SSSR count). The standard InChI is InChI=1S/C15H21BN2O3/c1-14(2)15(3,4)21-16(20-14)11-6-5-7-12(17-11)18-13(19)10-8-9-10/h5-7,10H,8-9H2,1-4H3,(H,17,18,19). The lowest BCUT2D eigenvalue weighted by Crippen LogP contribution is -2.41. The molecule has 0 spiro atoms. The first-order chi connectivity index (χ1) is 9.78. The van der Waals surface area contributed by atoms with Crippen molar-refractivity contribution < 1.29 is 14.1 Å². The fourth-order valence-electron chi connectivity index (χ4n) is 2.19. The van der Waals surface area contributed by atoms with Crippen LogP contribution < -0.4 is 10.9 Å². The van der Waals surface area contributed by atoms with Gasteiger partial charge in [0, 0.05) is 5.92 Å². The molecule has 0 radical (unpaired) electrons. The number of rotatable bonds is 3. The van der Waals surface area contributed by atoms with E-state index < -0.39 is 18.3 Å². The second-order valence-electron chi connectivity index (χ2n) is 6.80. The first kappa shape index (κ1) is 14.5. The minimum Gasteiger partial charge on any atom is -0.398 e. The number of carbonyl (C=O) groups excluding carboxylic acids is 1. The predicted molar refractivity (Wildman–Crippen MR) is 81.3 cm³/mol. The number of aromatic nitrogens is 1. The molecule has 1 saturated heterocycles. The van der Waals surface area contributed by atoms with Gasteiger partial charge < -0.3 is 14.6 Å². The van der Waals surface area contributed by atoms with Crippen LogP contribution in [0.4, 0.5) is 5.82 Å². The van der Waals surface area contributed by atoms with E-state index >= 15 is 0 Å². The molecule has 21 heavy (non-hydrogen) atoms. The Balaban J connectivity index is 1.76. The van der Waals surface area contributed by atoms with Gasteiger partial charge in [0.2, 0.25) is 5.91 Å². The maximum Gasteiger partial charge on any atom is 0.514 e. The third kappa shape index (κ3) is 2.83. The molecule has 1 aromatic heterocycles. The van der Waals surface area contributed by atoms with E-state index in [9.17, 15) is 4.79 Å². The summed E-state index contributed by atoms with van der Waals surface area (Å²) < 4.78 is 11.9. The molecule has 0 unspecified atom stereocenters. The smallest absolute Gasteiger partial charge is 0.398 e. The second-order valence-corrected chi connectivity index (χ2v) is 6.80. The highest BCUT2D eigenvalue weighted by Gasteiger charge is 2.52. The van der Waals surface area contributed by atoms with Gasteiger partial charge in [-0.2, -0.15) is 0 Å². The van der Waals surface area contributed by atoms with Gasteiger partial charge in [-0.25, -0.2) is 4.98 Å². The van der Waals surface area contributed by atoms with Gasteiger partial charge in [0.25, 0.3) is 0 Å². The monoisotopic (exact) mass is 288 g/mol. The average Bonchev–Trinajstić information content (AvgIpc) is 3.18. The van der Waals surface area contributed by atoms with E-state index in [1.165, 1.54) is 0 Å². The van der Waals surface area contributed by atoms with E-state index in [0.29, 0.717) is 11.4 Å². The quantitative estimate of drug-likeness (QED) is 0.860. The van der Waals surface area contributed by atoms with Crippen molar-refractivity contribution in [3.63, 3.8) is 0 Å². The summed E-state index contributed by atoms with van der Waals surface area (Å²) in [5.74, 6) is 0.764. The lowest BCUT2D eigenvalue weighted by Gasteiger charge is -2.32. The normalized spacial score (nSPS) is 23.1. The molecule has 1 aromatic rings. The third-order valence-corrected chi connectivity index (χ3v) is 4.46. The minimum absolute atomic E-state index is 0.0496. The van der Waals surface area contributed by atoms with Crippen molar-refractivity contribution in [2.24, 2.45) is 5.92 Å². The van der Waals surface area contributed by atoms with Crippen LogP contribution >= 0.6 is 0 Å². The Labute approximate surface area is 125 Å². The summed E-state index contributed by atoms with van der Waals surface area (Å²) in [7, 11) is -0.507. The fraction of sp³-hybridized carbons (Fsp3) is 0.600. The molecule has 2 fully saturated rings. The van der Waals surface area contributed by atoms with Gasteiger partial charge in [0.15, 0.2) is 0 Å². The van der Waals surface area contributed by atoms with E-state index in [0.717, 1.165) is 12.8 Å². The lowest BCUT2D eigenvalue weighted by molar-refractivity contribution is -0.117. The number of carbonyl (C=O) groups is 1. The third-order valence-electron chi connectivity index (χ3n) is 4.46. The van der Waals surface area contributed by atoms with Gasteiger partial charge in [0.05, 0.1) is 16.8 Å². The van der Waals surface area contributed by atoms with Crippen molar-refractivity contribution in [2.75, 3.05) is 5.32 Å². The Bertz CT molecular complexity index is 554.